The van der Waals surface area contributed by atoms with Crippen LogP contribution in [0.15, 0.2) is 16.5 Å². The number of urea groups is 1. The molecule has 1 aromatic heterocycles. The van der Waals surface area contributed by atoms with Crippen LogP contribution in [-0.4, -0.2) is 50.4 Å². The van der Waals surface area contributed by atoms with Crippen LogP contribution in [0.1, 0.15) is 30.8 Å². The average molecular weight is 308 g/mol. The van der Waals surface area contributed by atoms with Gasteiger partial charge >= 0.3 is 6.03 Å². The van der Waals surface area contributed by atoms with Crippen LogP contribution in [0.5, 0.6) is 0 Å². The van der Waals surface area contributed by atoms with E-state index in [1.165, 1.54) is 6.42 Å². The van der Waals surface area contributed by atoms with Crippen LogP contribution in [-0.2, 0) is 16.0 Å². The number of nitrogens with one attached hydrogen (secondary N) is 1. The average Bonchev–Trinajstić information content (AvgIpc) is 3.07. The molecule has 1 N–H and O–H groups in total. The van der Waals surface area contributed by atoms with Gasteiger partial charge in [0, 0.05) is 19.6 Å². The third-order valence-electron chi connectivity index (χ3n) is 4.35. The largest absolute Gasteiger partial charge is 0.464 e. The lowest BCUT2D eigenvalue weighted by atomic mass is 10.3. The van der Waals surface area contributed by atoms with Crippen molar-refractivity contribution in [1.82, 2.24) is 10.2 Å². The maximum atomic E-state index is 12.2. The summed E-state index contributed by atoms with van der Waals surface area (Å²) in [6.45, 7) is 4.87. The number of hydrogen-bond acceptors (Lipinski definition) is 4. The summed E-state index contributed by atoms with van der Waals surface area (Å²) in [5, 5.41) is 2.91. The molecule has 2 aliphatic rings. The first-order chi connectivity index (χ1) is 10.7. The highest BCUT2D eigenvalue weighted by molar-refractivity contribution is 5.74. The van der Waals surface area contributed by atoms with Gasteiger partial charge in [-0.2, -0.15) is 0 Å². The number of rotatable bonds is 5. The summed E-state index contributed by atoms with van der Waals surface area (Å²) >= 11 is 0. The third kappa shape index (κ3) is 3.62. The van der Waals surface area contributed by atoms with Crippen molar-refractivity contribution in [3.8, 4) is 0 Å². The van der Waals surface area contributed by atoms with E-state index in [-0.39, 0.29) is 12.1 Å². The lowest BCUT2D eigenvalue weighted by Crippen LogP contribution is -2.50. The molecule has 22 heavy (non-hydrogen) atoms. The van der Waals surface area contributed by atoms with Gasteiger partial charge in [-0.1, -0.05) is 6.92 Å². The van der Waals surface area contributed by atoms with Crippen LogP contribution in [0.25, 0.3) is 0 Å². The van der Waals surface area contributed by atoms with Crippen molar-refractivity contribution in [2.75, 3.05) is 33.4 Å². The molecule has 3 atom stereocenters. The Labute approximate surface area is 130 Å². The van der Waals surface area contributed by atoms with Crippen LogP contribution < -0.4 is 5.32 Å². The van der Waals surface area contributed by atoms with Crippen molar-refractivity contribution < 1.29 is 18.7 Å². The summed E-state index contributed by atoms with van der Waals surface area (Å²) in [5.41, 5.74) is 0. The molecule has 3 unspecified atom stereocenters. The summed E-state index contributed by atoms with van der Waals surface area (Å²) in [4.78, 5) is 14.0. The van der Waals surface area contributed by atoms with E-state index in [1.807, 2.05) is 12.1 Å². The van der Waals surface area contributed by atoms with Gasteiger partial charge in [0.15, 0.2) is 0 Å². The second-order valence-electron chi connectivity index (χ2n) is 6.18. The fourth-order valence-electron chi connectivity index (χ4n) is 2.87. The molecule has 6 heteroatoms. The minimum absolute atomic E-state index is 0.0453. The molecule has 1 aromatic rings. The first kappa shape index (κ1) is 15.4. The highest BCUT2D eigenvalue weighted by Crippen LogP contribution is 2.47. The van der Waals surface area contributed by atoms with Crippen molar-refractivity contribution >= 4 is 6.03 Å². The minimum Gasteiger partial charge on any atom is -0.464 e. The molecule has 6 nitrogen and oxygen atoms in total. The third-order valence-corrected chi connectivity index (χ3v) is 4.35. The summed E-state index contributed by atoms with van der Waals surface area (Å²) < 4.78 is 16.4. The van der Waals surface area contributed by atoms with E-state index in [1.54, 1.807) is 12.0 Å². The van der Waals surface area contributed by atoms with Gasteiger partial charge in [-0.05, 0) is 24.5 Å². The second kappa shape index (κ2) is 6.71. The van der Waals surface area contributed by atoms with E-state index >= 15 is 0 Å². The van der Waals surface area contributed by atoms with Crippen molar-refractivity contribution in [2.45, 2.75) is 31.9 Å². The van der Waals surface area contributed by atoms with Crippen LogP contribution in [0.2, 0.25) is 0 Å². The Morgan fingerprint density at radius 2 is 2.32 bits per heavy atom. The van der Waals surface area contributed by atoms with Crippen LogP contribution >= 0.6 is 0 Å². The van der Waals surface area contributed by atoms with Crippen LogP contribution in [0.4, 0.5) is 4.79 Å². The number of methoxy groups -OCH3 is 1. The van der Waals surface area contributed by atoms with E-state index in [0.29, 0.717) is 38.8 Å². The fraction of sp³-hybridized carbons (Fsp3) is 0.688. The number of furan rings is 1. The summed E-state index contributed by atoms with van der Waals surface area (Å²) in [5.74, 6) is 3.14. The number of carbonyl (C=O) groups excluding carboxylic acids is 1. The summed E-state index contributed by atoms with van der Waals surface area (Å²) in [6, 6.07) is 3.90. The quantitative estimate of drug-likeness (QED) is 0.903. The standard InChI is InChI=1S/C16H24N2O4/c1-11-7-14(11)15-4-3-12(22-15)8-17-16(19)18-5-6-21-13(9-18)10-20-2/h3-4,11,13-14H,5-10H2,1-2H3,(H,17,19). The molecule has 1 aliphatic carbocycles. The Balaban J connectivity index is 1.46. The smallest absolute Gasteiger partial charge is 0.317 e. The van der Waals surface area contributed by atoms with Gasteiger partial charge in [-0.25, -0.2) is 4.79 Å². The number of nitrogens with zero attached hydrogens (tertiary/aromatic N) is 1. The molecule has 0 aromatic carbocycles. The molecule has 1 aliphatic heterocycles. The van der Waals surface area contributed by atoms with Gasteiger partial charge in [0.05, 0.1) is 32.4 Å². The first-order valence-corrected chi connectivity index (χ1v) is 7.89. The fourth-order valence-corrected chi connectivity index (χ4v) is 2.87. The monoisotopic (exact) mass is 308 g/mol. The van der Waals surface area contributed by atoms with E-state index in [9.17, 15) is 4.79 Å². The molecule has 0 bridgehead atoms. The maximum absolute atomic E-state index is 12.2. The Morgan fingerprint density at radius 3 is 3.05 bits per heavy atom. The normalized spacial score (nSPS) is 27.7. The zero-order valence-electron chi connectivity index (χ0n) is 13.2. The predicted molar refractivity (Wildman–Crippen MR) is 80.7 cm³/mol. The number of morpholine rings is 1. The van der Waals surface area contributed by atoms with Crippen LogP contribution in [0, 0.1) is 5.92 Å². The van der Waals surface area contributed by atoms with Crippen molar-refractivity contribution in [3.05, 3.63) is 23.7 Å². The lowest BCUT2D eigenvalue weighted by molar-refractivity contribution is -0.0494. The second-order valence-corrected chi connectivity index (χ2v) is 6.18. The van der Waals surface area contributed by atoms with E-state index < -0.39 is 0 Å². The Kier molecular flexibility index (Phi) is 4.69. The lowest BCUT2D eigenvalue weighted by Gasteiger charge is -2.32. The molecule has 1 saturated heterocycles. The molecule has 0 spiro atoms. The summed E-state index contributed by atoms with van der Waals surface area (Å²) in [7, 11) is 1.64. The van der Waals surface area contributed by atoms with E-state index in [0.717, 1.165) is 17.4 Å². The molecule has 0 radical (unpaired) electrons. The molecular weight excluding hydrogens is 284 g/mol. The van der Waals surface area contributed by atoms with Crippen LogP contribution in [0.3, 0.4) is 0 Å². The Bertz CT molecular complexity index is 514. The topological polar surface area (TPSA) is 63.9 Å². The number of amides is 2. The van der Waals surface area contributed by atoms with E-state index in [4.69, 9.17) is 13.9 Å². The highest BCUT2D eigenvalue weighted by Gasteiger charge is 2.36. The maximum Gasteiger partial charge on any atom is 0.317 e. The molecule has 1 saturated carbocycles. The van der Waals surface area contributed by atoms with Gasteiger partial charge in [0.1, 0.15) is 11.5 Å². The van der Waals surface area contributed by atoms with E-state index in [2.05, 4.69) is 12.2 Å². The van der Waals surface area contributed by atoms with Crippen molar-refractivity contribution in [3.63, 3.8) is 0 Å². The zero-order valence-corrected chi connectivity index (χ0v) is 13.2. The molecule has 2 amide bonds. The summed E-state index contributed by atoms with van der Waals surface area (Å²) in [6.07, 6.45) is 1.16. The highest BCUT2D eigenvalue weighted by atomic mass is 16.5. The van der Waals surface area contributed by atoms with Crippen molar-refractivity contribution in [1.29, 1.82) is 0 Å². The SMILES string of the molecule is COCC1CN(C(=O)NCc2ccc(C3CC3C)o2)CCO1. The minimum atomic E-state index is -0.0813. The first-order valence-electron chi connectivity index (χ1n) is 7.89. The van der Waals surface area contributed by atoms with Gasteiger partial charge in [0.2, 0.25) is 0 Å². The number of carbonyl (C=O) groups is 1. The Hall–Kier alpha value is -1.53. The van der Waals surface area contributed by atoms with Crippen molar-refractivity contribution in [2.24, 2.45) is 5.92 Å². The molecular formula is C16H24N2O4. The molecule has 2 heterocycles. The van der Waals surface area contributed by atoms with Gasteiger partial charge in [-0.3, -0.25) is 0 Å². The number of hydrogen-bond donors (Lipinski definition) is 1. The predicted octanol–water partition coefficient (Wildman–Crippen LogP) is 1.96. The molecule has 2 fully saturated rings. The van der Waals surface area contributed by atoms with Gasteiger partial charge < -0.3 is 24.1 Å². The molecule has 3 rings (SSSR count). The Morgan fingerprint density at radius 1 is 1.50 bits per heavy atom. The molecule has 122 valence electrons. The van der Waals surface area contributed by atoms with Gasteiger partial charge in [-0.15, -0.1) is 0 Å². The van der Waals surface area contributed by atoms with Gasteiger partial charge in [0.25, 0.3) is 0 Å². The number of ether oxygens (including phenoxy) is 2. The zero-order chi connectivity index (χ0) is 15.5.